The molecule has 2 atom stereocenters. The van der Waals surface area contributed by atoms with Crippen molar-refractivity contribution in [2.45, 2.75) is 83.2 Å². The Kier molecular flexibility index (Phi) is 5.64. The van der Waals surface area contributed by atoms with Gasteiger partial charge in [-0.25, -0.2) is 0 Å². The molecule has 1 aliphatic heterocycles. The first-order valence-corrected chi connectivity index (χ1v) is 13.1. The second-order valence-electron chi connectivity index (χ2n) is 9.57. The van der Waals surface area contributed by atoms with Crippen LogP contribution in [0.5, 0.6) is 0 Å². The molecule has 1 heterocycles. The molecule has 0 bridgehead atoms. The minimum atomic E-state index is -2.09. The van der Waals surface area contributed by atoms with Crippen LogP contribution in [0.15, 0.2) is 30.3 Å². The molecule has 4 nitrogen and oxygen atoms in total. The molecule has 0 aromatic heterocycles. The maximum atomic E-state index is 13.1. The Labute approximate surface area is 164 Å². The number of hydrogen-bond donors (Lipinski definition) is 0. The predicted octanol–water partition coefficient (Wildman–Crippen LogP) is 5.01. The summed E-state index contributed by atoms with van der Waals surface area (Å²) in [6.45, 7) is 10.9. The van der Waals surface area contributed by atoms with E-state index in [1.807, 2.05) is 18.2 Å². The van der Waals surface area contributed by atoms with Crippen LogP contribution in [0, 0.1) is 5.92 Å². The number of benzene rings is 1. The van der Waals surface area contributed by atoms with E-state index in [1.54, 1.807) is 12.1 Å². The summed E-state index contributed by atoms with van der Waals surface area (Å²) < 4.78 is 6.53. The highest BCUT2D eigenvalue weighted by atomic mass is 28.4. The average molecular weight is 388 g/mol. The van der Waals surface area contributed by atoms with Crippen molar-refractivity contribution in [3.8, 4) is 0 Å². The lowest BCUT2D eigenvalue weighted by molar-refractivity contribution is -0.163. The fraction of sp³-hybridized carbons (Fsp3) is 0.636. The fourth-order valence-electron chi connectivity index (χ4n) is 3.99. The van der Waals surface area contributed by atoms with Gasteiger partial charge in [0, 0.05) is 5.56 Å². The van der Waals surface area contributed by atoms with Gasteiger partial charge in [-0.05, 0) is 49.0 Å². The molecule has 0 N–H and O–H groups in total. The largest absolute Gasteiger partial charge is 0.403 e. The summed E-state index contributed by atoms with van der Waals surface area (Å²) in [6, 6.07) is 9.04. The predicted molar refractivity (Wildman–Crippen MR) is 110 cm³/mol. The zero-order valence-electron chi connectivity index (χ0n) is 17.3. The van der Waals surface area contributed by atoms with Gasteiger partial charge in [0.15, 0.2) is 8.32 Å². The molecule has 2 aliphatic rings. The van der Waals surface area contributed by atoms with Gasteiger partial charge in [0.25, 0.3) is 11.8 Å². The van der Waals surface area contributed by atoms with Gasteiger partial charge in [-0.15, -0.1) is 0 Å². The summed E-state index contributed by atoms with van der Waals surface area (Å²) in [4.78, 5) is 27.6. The molecule has 1 aromatic carbocycles. The first kappa shape index (κ1) is 20.3. The summed E-state index contributed by atoms with van der Waals surface area (Å²) in [5, 5.41) is 0.0360. The molecule has 5 heteroatoms. The first-order valence-electron chi connectivity index (χ1n) is 10.2. The van der Waals surface area contributed by atoms with Gasteiger partial charge in [0.2, 0.25) is 0 Å². The third-order valence-electron chi connectivity index (χ3n) is 6.69. The molecule has 1 aromatic rings. The molecule has 1 saturated carbocycles. The number of hydrogen-bond acceptors (Lipinski definition) is 3. The van der Waals surface area contributed by atoms with Crippen molar-refractivity contribution < 1.29 is 14.0 Å². The van der Waals surface area contributed by atoms with Crippen LogP contribution in [0.25, 0.3) is 0 Å². The van der Waals surface area contributed by atoms with Crippen molar-refractivity contribution in [1.82, 2.24) is 4.90 Å². The highest BCUT2D eigenvalue weighted by Gasteiger charge is 2.57. The van der Waals surface area contributed by atoms with Crippen LogP contribution in [-0.2, 0) is 9.22 Å². The Balaban J connectivity index is 1.86. The van der Waals surface area contributed by atoms with Gasteiger partial charge in [-0.3, -0.25) is 14.5 Å². The van der Waals surface area contributed by atoms with Crippen molar-refractivity contribution in [3.05, 3.63) is 35.9 Å². The molecule has 2 fully saturated rings. The highest BCUT2D eigenvalue weighted by molar-refractivity contribution is 6.74. The van der Waals surface area contributed by atoms with Crippen molar-refractivity contribution >= 4 is 20.1 Å². The highest BCUT2D eigenvalue weighted by Crippen LogP contribution is 2.43. The summed E-state index contributed by atoms with van der Waals surface area (Å²) in [5.41, 5.74) is 0.581. The molecule has 0 radical (unpaired) electrons. The Morgan fingerprint density at radius 2 is 1.67 bits per heavy atom. The minimum absolute atomic E-state index is 0.0360. The topological polar surface area (TPSA) is 46.6 Å². The Bertz CT molecular complexity index is 689. The lowest BCUT2D eigenvalue weighted by Gasteiger charge is -2.53. The molecule has 27 heavy (non-hydrogen) atoms. The van der Waals surface area contributed by atoms with Crippen LogP contribution in [0.3, 0.4) is 0 Å². The summed E-state index contributed by atoms with van der Waals surface area (Å²) >= 11 is 0. The van der Waals surface area contributed by atoms with E-state index in [2.05, 4.69) is 33.9 Å². The molecule has 0 spiro atoms. The molecule has 1 saturated heterocycles. The second kappa shape index (κ2) is 7.51. The van der Waals surface area contributed by atoms with Crippen molar-refractivity contribution in [2.75, 3.05) is 0 Å². The summed E-state index contributed by atoms with van der Waals surface area (Å²) in [5.74, 6) is 0.0365. The van der Waals surface area contributed by atoms with Crippen LogP contribution in [0.4, 0.5) is 0 Å². The quantitative estimate of drug-likeness (QED) is 0.414. The van der Waals surface area contributed by atoms with E-state index in [1.165, 1.54) is 24.2 Å². The van der Waals surface area contributed by atoms with E-state index in [4.69, 9.17) is 4.43 Å². The Hall–Kier alpha value is -1.46. The monoisotopic (exact) mass is 387 g/mol. The van der Waals surface area contributed by atoms with Crippen molar-refractivity contribution in [3.63, 3.8) is 0 Å². The third-order valence-corrected chi connectivity index (χ3v) is 11.1. The molecule has 3 rings (SSSR count). The number of carbonyl (C=O) groups is 2. The number of β-lactam (4-membered cyclic amide) rings is 1. The first-order chi connectivity index (χ1) is 12.6. The maximum absolute atomic E-state index is 13.1. The van der Waals surface area contributed by atoms with Gasteiger partial charge in [-0.1, -0.05) is 58.2 Å². The van der Waals surface area contributed by atoms with E-state index in [-0.39, 0.29) is 22.9 Å². The molecular weight excluding hydrogens is 354 g/mol. The van der Waals surface area contributed by atoms with Crippen LogP contribution in [0.2, 0.25) is 18.1 Å². The molecule has 2 amide bonds. The van der Waals surface area contributed by atoms with Crippen molar-refractivity contribution in [1.29, 1.82) is 0 Å². The van der Waals surface area contributed by atoms with E-state index in [0.717, 1.165) is 12.8 Å². The zero-order valence-corrected chi connectivity index (χ0v) is 18.3. The standard InChI is InChI=1S/C22H33NO3Si/c1-22(2,3)27(4,5)26-19-18(16-12-8-6-9-13-16)23(21(19)25)20(24)17-14-10-7-11-15-17/h7,10-11,14-16,18-19H,6,8-9,12-13H2,1-5H3/t18-,19+/m0/s1. The van der Waals surface area contributed by atoms with Gasteiger partial charge < -0.3 is 4.43 Å². The minimum Gasteiger partial charge on any atom is -0.403 e. The second-order valence-corrected chi connectivity index (χ2v) is 14.3. The Morgan fingerprint density at radius 1 is 1.07 bits per heavy atom. The lowest BCUT2D eigenvalue weighted by atomic mass is 9.76. The lowest BCUT2D eigenvalue weighted by Crippen LogP contribution is -2.72. The van der Waals surface area contributed by atoms with Crippen LogP contribution >= 0.6 is 0 Å². The molecular formula is C22H33NO3Si. The number of nitrogens with zero attached hydrogens (tertiary/aromatic N) is 1. The van der Waals surface area contributed by atoms with E-state index in [0.29, 0.717) is 11.5 Å². The molecule has 148 valence electrons. The molecule has 1 aliphatic carbocycles. The van der Waals surface area contributed by atoms with Gasteiger partial charge in [-0.2, -0.15) is 0 Å². The number of imide groups is 1. The zero-order chi connectivity index (χ0) is 19.8. The number of likely N-dealkylation sites (tertiary alicyclic amines) is 1. The third kappa shape index (κ3) is 3.90. The van der Waals surface area contributed by atoms with Crippen LogP contribution < -0.4 is 0 Å². The van der Waals surface area contributed by atoms with Gasteiger partial charge in [0.1, 0.15) is 6.10 Å². The van der Waals surface area contributed by atoms with Crippen LogP contribution in [-0.4, -0.2) is 37.2 Å². The fourth-order valence-corrected chi connectivity index (χ4v) is 5.22. The normalized spacial score (nSPS) is 24.6. The SMILES string of the molecule is CC(C)(C)[Si](C)(C)O[C@H]1C(=O)N(C(=O)c2ccccc2)[C@H]1C1CCCCC1. The smallest absolute Gasteiger partial charge is 0.260 e. The summed E-state index contributed by atoms with van der Waals surface area (Å²) in [6.07, 6.45) is 5.30. The van der Waals surface area contributed by atoms with Gasteiger partial charge >= 0.3 is 0 Å². The van der Waals surface area contributed by atoms with Gasteiger partial charge in [0.05, 0.1) is 6.04 Å². The maximum Gasteiger partial charge on any atom is 0.260 e. The number of carbonyl (C=O) groups excluding carboxylic acids is 2. The van der Waals surface area contributed by atoms with E-state index >= 15 is 0 Å². The summed E-state index contributed by atoms with van der Waals surface area (Å²) in [7, 11) is -2.09. The van der Waals surface area contributed by atoms with E-state index in [9.17, 15) is 9.59 Å². The van der Waals surface area contributed by atoms with Crippen molar-refractivity contribution in [2.24, 2.45) is 5.92 Å². The average Bonchev–Trinajstić information content (AvgIpc) is 2.64. The number of rotatable bonds is 4. The van der Waals surface area contributed by atoms with Crippen LogP contribution in [0.1, 0.15) is 63.2 Å². The number of amides is 2. The molecule has 0 unspecified atom stereocenters. The van der Waals surface area contributed by atoms with E-state index < -0.39 is 14.4 Å². The Morgan fingerprint density at radius 3 is 2.22 bits per heavy atom.